The molecule has 0 N–H and O–H groups in total. The first kappa shape index (κ1) is 22.2. The number of fused-ring (bicyclic) bond motifs is 1. The Labute approximate surface area is 201 Å². The lowest BCUT2D eigenvalue weighted by Gasteiger charge is -2.28. The highest BCUT2D eigenvalue weighted by Gasteiger charge is 2.33. The van der Waals surface area contributed by atoms with Gasteiger partial charge < -0.3 is 4.74 Å². The molecule has 6 rings (SSSR count). The van der Waals surface area contributed by atoms with Crippen molar-refractivity contribution >= 4 is 11.2 Å². The van der Waals surface area contributed by atoms with Crippen molar-refractivity contribution in [1.82, 2.24) is 29.7 Å². The molecule has 1 saturated heterocycles. The van der Waals surface area contributed by atoms with Crippen LogP contribution in [0.4, 0.5) is 8.78 Å². The molecular weight excluding hydrogens is 450 g/mol. The Morgan fingerprint density at radius 3 is 2.51 bits per heavy atom. The quantitative estimate of drug-likeness (QED) is 0.401. The first-order valence-corrected chi connectivity index (χ1v) is 12.0. The third kappa shape index (κ3) is 4.07. The largest absolute Gasteiger partial charge is 0.372 e. The molecule has 4 heterocycles. The summed E-state index contributed by atoms with van der Waals surface area (Å²) in [7, 11) is 1.98. The number of aromatic nitrogens is 6. The maximum atomic E-state index is 14.8. The molecule has 0 radical (unpaired) electrons. The monoisotopic (exact) mass is 476 g/mol. The molecule has 0 amide bonds. The number of rotatable bonds is 4. The molecule has 0 unspecified atom stereocenters. The Morgan fingerprint density at radius 1 is 0.943 bits per heavy atom. The van der Waals surface area contributed by atoms with Gasteiger partial charge >= 0.3 is 0 Å². The van der Waals surface area contributed by atoms with Crippen molar-refractivity contribution in [2.75, 3.05) is 6.61 Å². The molecule has 35 heavy (non-hydrogen) atoms. The highest BCUT2D eigenvalue weighted by molar-refractivity contribution is 5.87. The molecular formula is C26H26F2N6O. The fourth-order valence-corrected chi connectivity index (χ4v) is 4.84. The van der Waals surface area contributed by atoms with Crippen LogP contribution in [0, 0.1) is 25.5 Å². The second kappa shape index (κ2) is 8.41. The summed E-state index contributed by atoms with van der Waals surface area (Å²) >= 11 is 0. The van der Waals surface area contributed by atoms with Gasteiger partial charge in [0.15, 0.2) is 5.65 Å². The number of halogens is 2. The zero-order chi connectivity index (χ0) is 24.3. The second-order valence-corrected chi connectivity index (χ2v) is 9.59. The first-order valence-electron chi connectivity index (χ1n) is 12.0. The van der Waals surface area contributed by atoms with Crippen LogP contribution < -0.4 is 0 Å². The van der Waals surface area contributed by atoms with Gasteiger partial charge in [0, 0.05) is 42.8 Å². The molecule has 0 spiro atoms. The topological polar surface area (TPSA) is 78.6 Å². The maximum absolute atomic E-state index is 14.8. The lowest BCUT2D eigenvalue weighted by Crippen LogP contribution is -2.21. The molecule has 7 nitrogen and oxygen atoms in total. The van der Waals surface area contributed by atoms with Gasteiger partial charge in [-0.3, -0.25) is 4.68 Å². The van der Waals surface area contributed by atoms with Crippen LogP contribution in [0.3, 0.4) is 0 Å². The minimum atomic E-state index is -0.693. The van der Waals surface area contributed by atoms with Crippen molar-refractivity contribution in [3.05, 3.63) is 64.5 Å². The maximum Gasteiger partial charge on any atom is 0.182 e. The fourth-order valence-electron chi connectivity index (χ4n) is 4.84. The van der Waals surface area contributed by atoms with Gasteiger partial charge in [-0.05, 0) is 57.7 Å². The molecule has 1 saturated carbocycles. The average molecular weight is 477 g/mol. The van der Waals surface area contributed by atoms with E-state index in [1.165, 1.54) is 30.7 Å². The molecule has 9 heteroatoms. The van der Waals surface area contributed by atoms with Gasteiger partial charge in [-0.15, -0.1) is 0 Å². The summed E-state index contributed by atoms with van der Waals surface area (Å²) in [4.78, 5) is 18.8. The predicted octanol–water partition coefficient (Wildman–Crippen LogP) is 5.23. The third-order valence-corrected chi connectivity index (χ3v) is 7.06. The van der Waals surface area contributed by atoms with Crippen molar-refractivity contribution in [2.45, 2.75) is 57.5 Å². The minimum Gasteiger partial charge on any atom is -0.372 e. The van der Waals surface area contributed by atoms with E-state index in [4.69, 9.17) is 19.8 Å². The molecule has 4 aromatic rings. The molecule has 1 aliphatic carbocycles. The summed E-state index contributed by atoms with van der Waals surface area (Å²) in [5.41, 5.74) is 4.97. The number of benzene rings is 1. The number of nitrogens with zero attached hydrogens (tertiary/aromatic N) is 6. The summed E-state index contributed by atoms with van der Waals surface area (Å²) in [6.07, 6.45) is 3.65. The molecule has 1 aliphatic heterocycles. The minimum absolute atomic E-state index is 0.0183. The number of ether oxygens (including phenoxy) is 1. The van der Waals surface area contributed by atoms with Crippen LogP contribution >= 0.6 is 0 Å². The summed E-state index contributed by atoms with van der Waals surface area (Å²) < 4.78 is 36.5. The zero-order valence-corrected chi connectivity index (χ0v) is 19.9. The van der Waals surface area contributed by atoms with Crippen molar-refractivity contribution in [3.63, 3.8) is 0 Å². The molecule has 180 valence electrons. The van der Waals surface area contributed by atoms with E-state index in [9.17, 15) is 8.78 Å². The summed E-state index contributed by atoms with van der Waals surface area (Å²) in [5.74, 6) is -0.184. The van der Waals surface area contributed by atoms with E-state index in [0.717, 1.165) is 23.9 Å². The van der Waals surface area contributed by atoms with Crippen LogP contribution in [0.25, 0.3) is 22.4 Å². The van der Waals surface area contributed by atoms with Crippen LogP contribution in [0.15, 0.2) is 24.3 Å². The summed E-state index contributed by atoms with van der Waals surface area (Å²) in [6, 6.07) is 5.64. The van der Waals surface area contributed by atoms with E-state index in [-0.39, 0.29) is 17.6 Å². The van der Waals surface area contributed by atoms with Crippen molar-refractivity contribution < 1.29 is 13.5 Å². The molecule has 3 aromatic heterocycles. The lowest BCUT2D eigenvalue weighted by atomic mass is 9.92. The van der Waals surface area contributed by atoms with Crippen LogP contribution in [-0.4, -0.2) is 36.3 Å². The van der Waals surface area contributed by atoms with Crippen LogP contribution in [0.5, 0.6) is 0 Å². The van der Waals surface area contributed by atoms with Crippen LogP contribution in [0.2, 0.25) is 0 Å². The fraction of sp³-hybridized carbons (Fsp3) is 0.423. The summed E-state index contributed by atoms with van der Waals surface area (Å²) in [6.45, 7) is 4.25. The van der Waals surface area contributed by atoms with Gasteiger partial charge in [-0.2, -0.15) is 5.10 Å². The SMILES string of the molecule is Cc1nc2nc([C@H]3CCO[C@@H](c4cc(C5CC5)n(C)n4)C3)nc(-c3ccc(F)cc3F)c2nc1C. The molecule has 2 atom stereocenters. The second-order valence-electron chi connectivity index (χ2n) is 9.59. The van der Waals surface area contributed by atoms with Crippen molar-refractivity contribution in [3.8, 4) is 11.3 Å². The summed E-state index contributed by atoms with van der Waals surface area (Å²) in [5, 5.41) is 4.72. The van der Waals surface area contributed by atoms with E-state index < -0.39 is 11.6 Å². The standard InChI is InChI=1S/C26H26F2N6O/c1-13-14(2)30-26-24(29-13)23(18-7-6-17(27)11-19(18)28)31-25(32-26)16-8-9-35-22(10-16)20-12-21(15-4-5-15)34(3)33-20/h6-7,11-12,15-16,22H,4-5,8-10H2,1-3H3/t16-,22+/m0/s1. The van der Waals surface area contributed by atoms with Crippen molar-refractivity contribution in [2.24, 2.45) is 7.05 Å². The smallest absolute Gasteiger partial charge is 0.182 e. The van der Waals surface area contributed by atoms with E-state index in [1.54, 1.807) is 0 Å². The molecule has 0 bridgehead atoms. The average Bonchev–Trinajstić information content (AvgIpc) is 3.60. The van der Waals surface area contributed by atoms with Gasteiger partial charge in [0.1, 0.15) is 34.8 Å². The van der Waals surface area contributed by atoms with E-state index in [0.29, 0.717) is 47.3 Å². The Hall–Kier alpha value is -3.33. The first-order chi connectivity index (χ1) is 16.9. The number of hydrogen-bond acceptors (Lipinski definition) is 6. The number of hydrogen-bond donors (Lipinski definition) is 0. The van der Waals surface area contributed by atoms with E-state index >= 15 is 0 Å². The normalized spacial score (nSPS) is 20.5. The Morgan fingerprint density at radius 2 is 1.74 bits per heavy atom. The van der Waals surface area contributed by atoms with Crippen molar-refractivity contribution in [1.29, 1.82) is 0 Å². The lowest BCUT2D eigenvalue weighted by molar-refractivity contribution is 0.00120. The highest BCUT2D eigenvalue weighted by atomic mass is 19.1. The predicted molar refractivity (Wildman–Crippen MR) is 126 cm³/mol. The number of aryl methyl sites for hydroxylation is 3. The van der Waals surface area contributed by atoms with Gasteiger partial charge in [-0.1, -0.05) is 0 Å². The van der Waals surface area contributed by atoms with Gasteiger partial charge in [0.05, 0.1) is 17.1 Å². The van der Waals surface area contributed by atoms with Gasteiger partial charge in [0.2, 0.25) is 0 Å². The molecule has 2 aliphatic rings. The molecule has 2 fully saturated rings. The van der Waals surface area contributed by atoms with Crippen LogP contribution in [-0.2, 0) is 11.8 Å². The molecule has 1 aromatic carbocycles. The van der Waals surface area contributed by atoms with Gasteiger partial charge in [0.25, 0.3) is 0 Å². The zero-order valence-electron chi connectivity index (χ0n) is 19.9. The van der Waals surface area contributed by atoms with Crippen LogP contribution in [0.1, 0.15) is 72.2 Å². The Balaban J connectivity index is 1.41. The Kier molecular flexibility index (Phi) is 5.32. The van der Waals surface area contributed by atoms with Gasteiger partial charge in [-0.25, -0.2) is 28.7 Å². The highest BCUT2D eigenvalue weighted by Crippen LogP contribution is 2.42. The van der Waals surface area contributed by atoms with E-state index in [1.807, 2.05) is 25.6 Å². The Bertz CT molecular complexity index is 1450. The van der Waals surface area contributed by atoms with E-state index in [2.05, 4.69) is 16.0 Å². The third-order valence-electron chi connectivity index (χ3n) is 7.06.